The first-order valence-corrected chi connectivity index (χ1v) is 10.1. The van der Waals surface area contributed by atoms with Crippen LogP contribution in [0.4, 0.5) is 0 Å². The normalized spacial score (nSPS) is 13.6. The number of aromatic nitrogens is 2. The maximum Gasteiger partial charge on any atom is 0.489 e. The van der Waals surface area contributed by atoms with E-state index in [4.69, 9.17) is 0 Å². The van der Waals surface area contributed by atoms with Gasteiger partial charge in [-0.25, -0.2) is 4.98 Å². The molecule has 0 aliphatic rings. The van der Waals surface area contributed by atoms with Crippen LogP contribution in [0, 0.1) is 6.92 Å². The van der Waals surface area contributed by atoms with Crippen LogP contribution in [0.5, 0.6) is 0 Å². The zero-order valence-electron chi connectivity index (χ0n) is 15.2. The minimum absolute atomic E-state index is 0.501. The summed E-state index contributed by atoms with van der Waals surface area (Å²) in [5.74, 6) is 0. The van der Waals surface area contributed by atoms with Gasteiger partial charge in [0.2, 0.25) is 0 Å². The Balaban J connectivity index is 2.90. The molecular formula is C17H29BN2O2S. The zero-order valence-corrected chi connectivity index (χ0v) is 16.1. The Labute approximate surface area is 141 Å². The average Bonchev–Trinajstić information content (AvgIpc) is 2.75. The van der Waals surface area contributed by atoms with Crippen molar-refractivity contribution in [2.24, 2.45) is 0 Å². The second-order valence-corrected chi connectivity index (χ2v) is 11.6. The Morgan fingerprint density at radius 3 is 2.00 bits per heavy atom. The first-order chi connectivity index (χ1) is 10.7. The number of rotatable bonds is 5. The third kappa shape index (κ3) is 2.71. The van der Waals surface area contributed by atoms with Gasteiger partial charge in [0.05, 0.1) is 0 Å². The smallest absolute Gasteiger partial charge is 0.423 e. The number of hydrogen-bond donors (Lipinski definition) is 2. The highest BCUT2D eigenvalue weighted by atomic mass is 32.3. The highest BCUT2D eigenvalue weighted by Gasteiger charge is 2.38. The van der Waals surface area contributed by atoms with E-state index < -0.39 is 17.3 Å². The van der Waals surface area contributed by atoms with E-state index in [0.717, 1.165) is 16.7 Å². The summed E-state index contributed by atoms with van der Waals surface area (Å²) < 4.78 is 2.41. The van der Waals surface area contributed by atoms with Crippen molar-refractivity contribution in [2.75, 3.05) is 0 Å². The molecule has 0 saturated heterocycles. The highest BCUT2D eigenvalue weighted by Crippen LogP contribution is 2.62. The molecule has 0 aliphatic heterocycles. The van der Waals surface area contributed by atoms with Crippen LogP contribution >= 0.6 is 10.2 Å². The standard InChI is InChI=1S/C17H29BN2O2S/c1-11(2)23(12(3)4,13(5)6)20-14(7)10-15-16(18(21)22)8-9-19-17(15)20/h8-13,21-22H,1-7H3. The molecule has 0 fully saturated rings. The van der Waals surface area contributed by atoms with Crippen molar-refractivity contribution < 1.29 is 10.0 Å². The first kappa shape index (κ1) is 18.4. The van der Waals surface area contributed by atoms with Crippen molar-refractivity contribution in [3.8, 4) is 0 Å². The van der Waals surface area contributed by atoms with Crippen molar-refractivity contribution >= 4 is 33.8 Å². The summed E-state index contributed by atoms with van der Waals surface area (Å²) in [7, 11) is -2.67. The predicted octanol–water partition coefficient (Wildman–Crippen LogP) is 2.82. The molecule has 0 radical (unpaired) electrons. The van der Waals surface area contributed by atoms with Crippen LogP contribution < -0.4 is 5.46 Å². The lowest BCUT2D eigenvalue weighted by Crippen LogP contribution is -2.35. The van der Waals surface area contributed by atoms with E-state index >= 15 is 0 Å². The van der Waals surface area contributed by atoms with Gasteiger partial charge >= 0.3 is 7.12 Å². The minimum atomic E-state index is -1.47. The van der Waals surface area contributed by atoms with Gasteiger partial charge in [-0.3, -0.25) is 3.97 Å². The lowest BCUT2D eigenvalue weighted by Gasteiger charge is -2.53. The summed E-state index contributed by atoms with van der Waals surface area (Å²) in [6.07, 6.45) is 1.68. The lowest BCUT2D eigenvalue weighted by atomic mass is 9.79. The molecule has 0 aliphatic carbocycles. The Kier molecular flexibility index (Phi) is 5.19. The molecule has 2 aromatic rings. The van der Waals surface area contributed by atoms with E-state index in [0.29, 0.717) is 21.2 Å². The summed E-state index contributed by atoms with van der Waals surface area (Å²) in [4.78, 5) is 4.62. The van der Waals surface area contributed by atoms with Gasteiger partial charge in [0, 0.05) is 33.0 Å². The molecule has 2 rings (SSSR count). The zero-order chi connectivity index (χ0) is 17.5. The topological polar surface area (TPSA) is 58.3 Å². The van der Waals surface area contributed by atoms with Crippen LogP contribution in [0.2, 0.25) is 0 Å². The van der Waals surface area contributed by atoms with Gasteiger partial charge in [-0.15, -0.1) is 0 Å². The molecule has 0 spiro atoms. The third-order valence-electron chi connectivity index (χ3n) is 4.73. The van der Waals surface area contributed by atoms with Crippen molar-refractivity contribution in [2.45, 2.75) is 64.2 Å². The number of nitrogens with zero attached hydrogens (tertiary/aromatic N) is 2. The molecule has 2 heterocycles. The van der Waals surface area contributed by atoms with E-state index in [1.54, 1.807) is 12.3 Å². The first-order valence-electron chi connectivity index (χ1n) is 8.29. The molecule has 0 unspecified atom stereocenters. The van der Waals surface area contributed by atoms with Gasteiger partial charge in [-0.05, 0) is 24.5 Å². The second-order valence-electron chi connectivity index (χ2n) is 6.96. The van der Waals surface area contributed by atoms with Gasteiger partial charge in [-0.1, -0.05) is 41.5 Å². The molecule has 23 heavy (non-hydrogen) atoms. The number of aryl methyl sites for hydroxylation is 1. The Hall–Kier alpha value is -0.975. The molecule has 128 valence electrons. The summed E-state index contributed by atoms with van der Waals surface area (Å²) >= 11 is 0. The van der Waals surface area contributed by atoms with Crippen LogP contribution in [0.3, 0.4) is 0 Å². The third-order valence-corrected chi connectivity index (χ3v) is 10.4. The fourth-order valence-corrected chi connectivity index (χ4v) is 9.64. The molecular weight excluding hydrogens is 307 g/mol. The van der Waals surface area contributed by atoms with Crippen molar-refractivity contribution in [3.63, 3.8) is 0 Å². The Bertz CT molecular complexity index is 673. The summed E-state index contributed by atoms with van der Waals surface area (Å²) in [5, 5.41) is 21.7. The van der Waals surface area contributed by atoms with E-state index in [2.05, 4.69) is 57.4 Å². The lowest BCUT2D eigenvalue weighted by molar-refractivity contribution is 0.426. The molecule has 6 heteroatoms. The quantitative estimate of drug-likeness (QED) is 0.826. The highest BCUT2D eigenvalue weighted by molar-refractivity contribution is 8.34. The maximum absolute atomic E-state index is 9.68. The van der Waals surface area contributed by atoms with Crippen LogP contribution in [-0.4, -0.2) is 41.9 Å². The largest absolute Gasteiger partial charge is 0.489 e. The van der Waals surface area contributed by atoms with E-state index in [9.17, 15) is 10.0 Å². The Morgan fingerprint density at radius 1 is 1.04 bits per heavy atom. The fraction of sp³-hybridized carbons (Fsp3) is 0.588. The molecule has 2 aromatic heterocycles. The average molecular weight is 336 g/mol. The summed E-state index contributed by atoms with van der Waals surface area (Å²) in [5.41, 5.74) is 2.55. The van der Waals surface area contributed by atoms with Gasteiger partial charge < -0.3 is 10.0 Å². The van der Waals surface area contributed by atoms with Crippen molar-refractivity contribution in [1.82, 2.24) is 8.96 Å². The molecule has 0 saturated carbocycles. The van der Waals surface area contributed by atoms with Gasteiger partial charge in [0.15, 0.2) is 0 Å². The summed E-state index contributed by atoms with van der Waals surface area (Å²) in [6.45, 7) is 15.9. The fourth-order valence-electron chi connectivity index (χ4n) is 4.11. The van der Waals surface area contributed by atoms with Crippen LogP contribution in [0.1, 0.15) is 47.2 Å². The number of fused-ring (bicyclic) bond motifs is 1. The van der Waals surface area contributed by atoms with E-state index in [1.807, 2.05) is 6.07 Å². The van der Waals surface area contributed by atoms with E-state index in [1.165, 1.54) is 0 Å². The Morgan fingerprint density at radius 2 is 1.57 bits per heavy atom. The SMILES string of the molecule is Cc1cc2c(B(O)O)ccnc2n1S(C(C)C)(C(C)C)C(C)C. The minimum Gasteiger partial charge on any atom is -0.423 e. The predicted molar refractivity (Wildman–Crippen MR) is 103 cm³/mol. The van der Waals surface area contributed by atoms with E-state index in [-0.39, 0.29) is 0 Å². The molecule has 0 aromatic carbocycles. The molecule has 4 nitrogen and oxygen atoms in total. The van der Waals surface area contributed by atoms with Crippen molar-refractivity contribution in [1.29, 1.82) is 0 Å². The second kappa shape index (κ2) is 6.50. The summed E-state index contributed by atoms with van der Waals surface area (Å²) in [6, 6.07) is 3.74. The van der Waals surface area contributed by atoms with Crippen LogP contribution in [0.25, 0.3) is 11.0 Å². The molecule has 2 N–H and O–H groups in total. The molecule has 0 amide bonds. The maximum atomic E-state index is 9.68. The number of pyridine rings is 1. The van der Waals surface area contributed by atoms with Gasteiger partial charge in [-0.2, -0.15) is 10.2 Å². The van der Waals surface area contributed by atoms with Crippen LogP contribution in [0.15, 0.2) is 18.3 Å². The van der Waals surface area contributed by atoms with Crippen LogP contribution in [-0.2, 0) is 0 Å². The van der Waals surface area contributed by atoms with Gasteiger partial charge in [0.25, 0.3) is 0 Å². The van der Waals surface area contributed by atoms with Crippen molar-refractivity contribution in [3.05, 3.63) is 24.0 Å². The van der Waals surface area contributed by atoms with Gasteiger partial charge in [0.1, 0.15) is 5.65 Å². The molecule has 0 bridgehead atoms. The molecule has 0 atom stereocenters. The number of hydrogen-bond acceptors (Lipinski definition) is 3. The monoisotopic (exact) mass is 336 g/mol.